The molecule has 3 unspecified atom stereocenters. The molecular weight excluding hydrogens is 492 g/mol. The number of carbonyl (C=O) groups is 1. The molecule has 2 aliphatic rings. The van der Waals surface area contributed by atoms with Gasteiger partial charge in [-0.3, -0.25) is 0 Å². The Balaban J connectivity index is 1.54. The van der Waals surface area contributed by atoms with Gasteiger partial charge in [-0.1, -0.05) is 29.3 Å². The summed E-state index contributed by atoms with van der Waals surface area (Å²) < 4.78 is 50.1. The van der Waals surface area contributed by atoms with E-state index in [1.54, 1.807) is 21.9 Å². The molecule has 10 heteroatoms. The van der Waals surface area contributed by atoms with E-state index in [9.17, 15) is 18.0 Å². The van der Waals surface area contributed by atoms with Gasteiger partial charge in [0.15, 0.2) is 0 Å². The summed E-state index contributed by atoms with van der Waals surface area (Å²) in [4.78, 5) is 16.7. The quantitative estimate of drug-likeness (QED) is 0.504. The number of rotatable bonds is 4. The minimum absolute atomic E-state index is 0.0578. The number of likely N-dealkylation sites (tertiary alicyclic amines) is 1. The van der Waals surface area contributed by atoms with Crippen LogP contribution in [0.25, 0.3) is 0 Å². The highest BCUT2D eigenvalue weighted by Gasteiger charge is 2.41. The average Bonchev–Trinajstić information content (AvgIpc) is 3.26. The summed E-state index contributed by atoms with van der Waals surface area (Å²) >= 11 is 12.4. The number of nitrogens with zero attached hydrogens (tertiary/aromatic N) is 2. The third kappa shape index (κ3) is 5.56. The zero-order valence-corrected chi connectivity index (χ0v) is 20.0. The lowest BCUT2D eigenvalue weighted by Crippen LogP contribution is -2.47. The minimum atomic E-state index is -4.41. The summed E-state index contributed by atoms with van der Waals surface area (Å²) in [7, 11) is 0. The first-order valence-electron chi connectivity index (χ1n) is 11.0. The summed E-state index contributed by atoms with van der Waals surface area (Å²) in [5.41, 5.74) is 0.198. The Morgan fingerprint density at radius 1 is 1.03 bits per heavy atom. The predicted molar refractivity (Wildman–Crippen MR) is 124 cm³/mol. The maximum Gasteiger partial charge on any atom is 0.416 e. The fraction of sp³-hybridized carbons (Fsp3) is 0.458. The van der Waals surface area contributed by atoms with E-state index < -0.39 is 11.7 Å². The molecule has 184 valence electrons. The number of benzene rings is 2. The van der Waals surface area contributed by atoms with Crippen molar-refractivity contribution in [2.45, 2.75) is 25.1 Å². The van der Waals surface area contributed by atoms with Crippen molar-refractivity contribution in [1.29, 1.82) is 0 Å². The number of alkyl halides is 3. The maximum atomic E-state index is 13.2. The largest absolute Gasteiger partial charge is 0.490 e. The molecule has 2 amide bonds. The first kappa shape index (κ1) is 24.9. The molecule has 2 aromatic carbocycles. The van der Waals surface area contributed by atoms with Crippen molar-refractivity contribution in [3.8, 4) is 5.75 Å². The molecule has 0 N–H and O–H groups in total. The first-order valence-corrected chi connectivity index (χ1v) is 11.8. The van der Waals surface area contributed by atoms with Crippen LogP contribution in [0.2, 0.25) is 10.0 Å². The zero-order valence-electron chi connectivity index (χ0n) is 18.5. The van der Waals surface area contributed by atoms with E-state index in [0.717, 1.165) is 17.7 Å². The number of hydrogen-bond donors (Lipinski definition) is 0. The fourth-order valence-corrected chi connectivity index (χ4v) is 4.84. The van der Waals surface area contributed by atoms with Gasteiger partial charge in [0.2, 0.25) is 0 Å². The number of ether oxygens (including phenoxy) is 2. The average molecular weight is 517 g/mol. The second-order valence-electron chi connectivity index (χ2n) is 8.58. The summed E-state index contributed by atoms with van der Waals surface area (Å²) in [5.74, 6) is 0.153. The highest BCUT2D eigenvalue weighted by molar-refractivity contribution is 6.42. The topological polar surface area (TPSA) is 42.0 Å². The molecule has 2 aromatic rings. The molecule has 5 nitrogen and oxygen atoms in total. The van der Waals surface area contributed by atoms with Gasteiger partial charge in [0.05, 0.1) is 28.8 Å². The van der Waals surface area contributed by atoms with E-state index in [0.29, 0.717) is 55.2 Å². The van der Waals surface area contributed by atoms with Gasteiger partial charge in [-0.25, -0.2) is 4.79 Å². The predicted octanol–water partition coefficient (Wildman–Crippen LogP) is 5.95. The molecule has 2 heterocycles. The van der Waals surface area contributed by atoms with Crippen LogP contribution in [0, 0.1) is 5.92 Å². The summed E-state index contributed by atoms with van der Waals surface area (Å²) in [5, 5.41) is 0.863. The van der Waals surface area contributed by atoms with Gasteiger partial charge in [-0.15, -0.1) is 0 Å². The van der Waals surface area contributed by atoms with Gasteiger partial charge in [0.25, 0.3) is 0 Å². The van der Waals surface area contributed by atoms with Crippen molar-refractivity contribution in [1.82, 2.24) is 9.80 Å². The van der Waals surface area contributed by atoms with Crippen LogP contribution in [0.5, 0.6) is 5.75 Å². The Morgan fingerprint density at radius 3 is 2.32 bits per heavy atom. The SMILES string of the molecule is CC(Oc1ccc(C(F)(F)F)cc1)C1CN(C(=O)N2CCOCC2)CC1c1ccc(Cl)c(Cl)c1. The van der Waals surface area contributed by atoms with Crippen molar-refractivity contribution in [3.05, 3.63) is 63.6 Å². The Bertz CT molecular complexity index is 1010. The summed E-state index contributed by atoms with van der Waals surface area (Å²) in [6.45, 7) is 4.88. The van der Waals surface area contributed by atoms with Gasteiger partial charge in [-0.2, -0.15) is 13.2 Å². The summed E-state index contributed by atoms with van der Waals surface area (Å²) in [6, 6.07) is 10.00. The van der Waals surface area contributed by atoms with Crippen LogP contribution in [0.3, 0.4) is 0 Å². The highest BCUT2D eigenvalue weighted by Crippen LogP contribution is 2.39. The summed E-state index contributed by atoms with van der Waals surface area (Å²) in [6.07, 6.45) is -4.78. The van der Waals surface area contributed by atoms with Crippen molar-refractivity contribution in [3.63, 3.8) is 0 Å². The van der Waals surface area contributed by atoms with Crippen molar-refractivity contribution in [2.75, 3.05) is 39.4 Å². The van der Waals surface area contributed by atoms with Crippen LogP contribution < -0.4 is 4.74 Å². The highest BCUT2D eigenvalue weighted by atomic mass is 35.5. The molecule has 0 saturated carbocycles. The molecule has 0 aromatic heterocycles. The Labute approximate surface area is 206 Å². The lowest BCUT2D eigenvalue weighted by Gasteiger charge is -2.31. The second kappa shape index (κ2) is 10.2. The molecule has 2 fully saturated rings. The lowest BCUT2D eigenvalue weighted by molar-refractivity contribution is -0.137. The Morgan fingerprint density at radius 2 is 1.71 bits per heavy atom. The number of amides is 2. The van der Waals surface area contributed by atoms with Gasteiger partial charge in [-0.05, 0) is 48.9 Å². The monoisotopic (exact) mass is 516 g/mol. The standard InChI is InChI=1S/C24H25Cl2F3N2O3/c1-15(34-18-5-3-17(4-6-18)24(27,28)29)19-13-31(23(32)30-8-10-33-11-9-30)14-20(19)16-2-7-21(25)22(26)12-16/h2-7,12,15,19-20H,8-11,13-14H2,1H3. The molecule has 2 aliphatic heterocycles. The van der Waals surface area contributed by atoms with E-state index in [1.807, 2.05) is 13.0 Å². The van der Waals surface area contributed by atoms with Crippen LogP contribution in [-0.4, -0.2) is 61.3 Å². The van der Waals surface area contributed by atoms with Crippen LogP contribution >= 0.6 is 23.2 Å². The van der Waals surface area contributed by atoms with Gasteiger partial charge in [0, 0.05) is 38.0 Å². The Hall–Kier alpha value is -2.16. The molecule has 4 rings (SSSR count). The normalized spacial score (nSPS) is 22.1. The smallest absolute Gasteiger partial charge is 0.416 e. The second-order valence-corrected chi connectivity index (χ2v) is 9.39. The van der Waals surface area contributed by atoms with Crippen LogP contribution in [-0.2, 0) is 10.9 Å². The number of carbonyl (C=O) groups excluding carboxylic acids is 1. The lowest BCUT2D eigenvalue weighted by atomic mass is 9.85. The van der Waals surface area contributed by atoms with Crippen molar-refractivity contribution in [2.24, 2.45) is 5.92 Å². The van der Waals surface area contributed by atoms with Gasteiger partial charge in [0.1, 0.15) is 11.9 Å². The van der Waals surface area contributed by atoms with E-state index >= 15 is 0 Å². The molecule has 0 radical (unpaired) electrons. The van der Waals surface area contributed by atoms with E-state index in [4.69, 9.17) is 32.7 Å². The minimum Gasteiger partial charge on any atom is -0.490 e. The van der Waals surface area contributed by atoms with Crippen molar-refractivity contribution >= 4 is 29.2 Å². The third-order valence-corrected chi connectivity index (χ3v) is 7.13. The Kier molecular flexibility index (Phi) is 7.50. The van der Waals surface area contributed by atoms with Gasteiger partial charge < -0.3 is 19.3 Å². The number of halogens is 5. The molecule has 34 heavy (non-hydrogen) atoms. The van der Waals surface area contributed by atoms with Crippen LogP contribution in [0.4, 0.5) is 18.0 Å². The number of urea groups is 1. The molecule has 2 saturated heterocycles. The van der Waals surface area contributed by atoms with E-state index in [1.165, 1.54) is 12.1 Å². The molecule has 0 aliphatic carbocycles. The number of morpholine rings is 1. The molecule has 0 spiro atoms. The number of hydrogen-bond acceptors (Lipinski definition) is 3. The van der Waals surface area contributed by atoms with E-state index in [-0.39, 0.29) is 24.0 Å². The maximum absolute atomic E-state index is 13.2. The first-order chi connectivity index (χ1) is 16.1. The van der Waals surface area contributed by atoms with Crippen LogP contribution in [0.15, 0.2) is 42.5 Å². The molecule has 0 bridgehead atoms. The van der Waals surface area contributed by atoms with Crippen molar-refractivity contribution < 1.29 is 27.4 Å². The van der Waals surface area contributed by atoms with Gasteiger partial charge >= 0.3 is 12.2 Å². The third-order valence-electron chi connectivity index (χ3n) is 6.40. The molecule has 3 atom stereocenters. The zero-order chi connectivity index (χ0) is 24.5. The molecular formula is C24H25Cl2F3N2O3. The van der Waals surface area contributed by atoms with E-state index in [2.05, 4.69) is 0 Å². The fourth-order valence-electron chi connectivity index (χ4n) is 4.54. The van der Waals surface area contributed by atoms with Crippen LogP contribution in [0.1, 0.15) is 24.0 Å².